The number of fused-ring (bicyclic) bond motifs is 4. The summed E-state index contributed by atoms with van der Waals surface area (Å²) in [5.41, 5.74) is 2.67. The smallest absolute Gasteiger partial charge is 0.258 e. The van der Waals surface area contributed by atoms with Crippen LogP contribution in [0, 0.1) is 23.6 Å². The summed E-state index contributed by atoms with van der Waals surface area (Å²) >= 11 is 14.9. The minimum Gasteiger partial charge on any atom is -0.504 e. The summed E-state index contributed by atoms with van der Waals surface area (Å²) in [6.07, 6.45) is 5.39. The number of phenols is 1. The Morgan fingerprint density at radius 1 is 0.768 bits per heavy atom. The third-order valence-corrected chi connectivity index (χ3v) is 12.9. The van der Waals surface area contributed by atoms with Gasteiger partial charge in [-0.25, -0.2) is 9.29 Å². The number of methoxy groups -OCH3 is 3. The van der Waals surface area contributed by atoms with Crippen LogP contribution in [0.3, 0.4) is 0 Å². The summed E-state index contributed by atoms with van der Waals surface area (Å²) in [5.74, 6) is -5.92. The molecule has 6 atom stereocenters. The Balaban J connectivity index is 1.17. The number of nitrogens with zero attached hydrogens (tertiary/aromatic N) is 2. The number of halogens is 3. The highest BCUT2D eigenvalue weighted by atomic mass is 35.5. The Kier molecular flexibility index (Phi) is 9.20. The van der Waals surface area contributed by atoms with Crippen molar-refractivity contribution in [1.82, 2.24) is 0 Å². The van der Waals surface area contributed by atoms with Crippen LogP contribution in [0.2, 0.25) is 0 Å². The molecule has 0 bridgehead atoms. The maximum atomic E-state index is 14.6. The number of carbonyl (C=O) groups excluding carboxylic acids is 4. The van der Waals surface area contributed by atoms with Crippen molar-refractivity contribution in [1.29, 1.82) is 0 Å². The molecular formula is C43H35Cl2FN2O8. The highest BCUT2D eigenvalue weighted by Crippen LogP contribution is 2.67. The second-order valence-corrected chi connectivity index (χ2v) is 15.4. The number of ether oxygens (including phenoxy) is 3. The maximum Gasteiger partial charge on any atom is 0.258 e. The molecule has 10 nitrogen and oxygen atoms in total. The van der Waals surface area contributed by atoms with Crippen LogP contribution in [0.5, 0.6) is 23.0 Å². The Morgan fingerprint density at radius 2 is 1.45 bits per heavy atom. The summed E-state index contributed by atoms with van der Waals surface area (Å²) in [4.78, 5) is 55.5. The lowest BCUT2D eigenvalue weighted by Gasteiger charge is -2.50. The van der Waals surface area contributed by atoms with E-state index in [1.54, 1.807) is 68.8 Å². The van der Waals surface area contributed by atoms with Gasteiger partial charge in [-0.15, -0.1) is 23.2 Å². The monoisotopic (exact) mass is 796 g/mol. The van der Waals surface area contributed by atoms with E-state index in [0.29, 0.717) is 22.8 Å². The van der Waals surface area contributed by atoms with E-state index < -0.39 is 62.9 Å². The van der Waals surface area contributed by atoms with E-state index in [9.17, 15) is 28.7 Å². The fourth-order valence-corrected chi connectivity index (χ4v) is 9.75. The molecular weight excluding hydrogens is 762 g/mol. The first-order valence-corrected chi connectivity index (χ1v) is 18.6. The van der Waals surface area contributed by atoms with E-state index in [2.05, 4.69) is 0 Å². The number of allylic oxidation sites excluding steroid dienone is 2. The molecule has 0 radical (unpaired) electrons. The van der Waals surface area contributed by atoms with Gasteiger partial charge in [0.05, 0.1) is 44.5 Å². The first kappa shape index (κ1) is 37.3. The zero-order valence-electron chi connectivity index (χ0n) is 30.4. The van der Waals surface area contributed by atoms with Crippen LogP contribution in [0.25, 0.3) is 12.2 Å². The molecule has 2 aliphatic heterocycles. The standard InChI is InChI=1S/C43H35Cl2FN2O8/c1-54-28-17-20-33(55-2)24(21-28)10-7-23-8-13-26(14-9-23)47-38(50)30-19-18-29-32(35(30)39(47)51)22-42(44)40(52)48(27-15-11-25(46)12-16-27)41(53)43(42,45)36(29)31-5-4-6-34(56-3)37(31)49/h4-18,20-21,30,32,35-36,49H,19,22H2,1-3H3/t30-,32+,35-,36+,42+,43-/m0/s1. The molecule has 0 spiro atoms. The Hall–Kier alpha value is -5.65. The first-order valence-electron chi connectivity index (χ1n) is 17.8. The second kappa shape index (κ2) is 13.8. The number of benzene rings is 4. The van der Waals surface area contributed by atoms with E-state index in [4.69, 9.17) is 37.4 Å². The molecule has 56 heavy (non-hydrogen) atoms. The molecule has 0 aromatic heterocycles. The fraction of sp³-hybridized carbons (Fsp3) is 0.256. The molecule has 0 unspecified atom stereocenters. The lowest BCUT2D eigenvalue weighted by molar-refractivity contribution is -0.125. The Labute approximate surface area is 331 Å². The Morgan fingerprint density at radius 3 is 2.12 bits per heavy atom. The lowest BCUT2D eigenvalue weighted by Crippen LogP contribution is -2.60. The van der Waals surface area contributed by atoms with Gasteiger partial charge >= 0.3 is 0 Å². The van der Waals surface area contributed by atoms with Crippen LogP contribution in [0.15, 0.2) is 96.6 Å². The summed E-state index contributed by atoms with van der Waals surface area (Å²) in [6, 6.07) is 21.9. The van der Waals surface area contributed by atoms with Crippen molar-refractivity contribution >= 4 is 70.4 Å². The number of aromatic hydroxyl groups is 1. The molecule has 1 saturated carbocycles. The molecule has 8 rings (SSSR count). The summed E-state index contributed by atoms with van der Waals surface area (Å²) in [5, 5.41) is 11.5. The molecule has 4 aromatic carbocycles. The number of phenolic OH excluding ortho intramolecular Hbond substituents is 1. The number of hydrogen-bond acceptors (Lipinski definition) is 8. The molecule has 4 aliphatic rings. The van der Waals surface area contributed by atoms with Crippen LogP contribution in [-0.4, -0.2) is 59.8 Å². The number of alkyl halides is 2. The number of rotatable bonds is 8. The zero-order chi connectivity index (χ0) is 39.7. The molecule has 2 saturated heterocycles. The maximum absolute atomic E-state index is 14.6. The van der Waals surface area contributed by atoms with Crippen molar-refractivity contribution in [2.75, 3.05) is 31.1 Å². The minimum atomic E-state index is -2.21. The molecule has 286 valence electrons. The van der Waals surface area contributed by atoms with Crippen LogP contribution < -0.4 is 24.0 Å². The van der Waals surface area contributed by atoms with Crippen molar-refractivity contribution in [3.05, 3.63) is 119 Å². The van der Waals surface area contributed by atoms with Gasteiger partial charge < -0.3 is 19.3 Å². The van der Waals surface area contributed by atoms with Gasteiger partial charge in [-0.05, 0) is 85.0 Å². The first-order chi connectivity index (χ1) is 26.9. The lowest BCUT2D eigenvalue weighted by atomic mass is 9.56. The summed E-state index contributed by atoms with van der Waals surface area (Å²) in [7, 11) is 4.53. The molecule has 2 aliphatic carbocycles. The average Bonchev–Trinajstić information content (AvgIpc) is 3.55. The third-order valence-electron chi connectivity index (χ3n) is 11.5. The highest BCUT2D eigenvalue weighted by molar-refractivity contribution is 6.58. The summed E-state index contributed by atoms with van der Waals surface area (Å²) < 4.78 is 30.2. The SMILES string of the molecule is COc1ccc(OC)c(C=Cc2ccc(N3C(=O)[C@H]4[C@H](CC=C5[C@H]4C[C@@]4(Cl)C(=O)N(c6ccc(F)cc6)C(=O)[C@@]4(Cl)[C@H]5c4cccc(OC)c4O)C3=O)cc2)c1. The van der Waals surface area contributed by atoms with Gasteiger partial charge in [0, 0.05) is 17.0 Å². The summed E-state index contributed by atoms with van der Waals surface area (Å²) in [6.45, 7) is 0. The van der Waals surface area contributed by atoms with E-state index in [0.717, 1.165) is 28.2 Å². The van der Waals surface area contributed by atoms with Crippen molar-refractivity contribution in [2.45, 2.75) is 28.5 Å². The molecule has 3 fully saturated rings. The topological polar surface area (TPSA) is 123 Å². The van der Waals surface area contributed by atoms with Gasteiger partial charge in [-0.1, -0.05) is 48.1 Å². The minimum absolute atomic E-state index is 0.0542. The van der Waals surface area contributed by atoms with Gasteiger partial charge in [0.25, 0.3) is 11.8 Å². The third kappa shape index (κ3) is 5.43. The van der Waals surface area contributed by atoms with Crippen molar-refractivity contribution in [2.24, 2.45) is 17.8 Å². The van der Waals surface area contributed by atoms with E-state index in [-0.39, 0.29) is 35.6 Å². The predicted octanol–water partition coefficient (Wildman–Crippen LogP) is 7.50. The van der Waals surface area contributed by atoms with Gasteiger partial charge in [-0.2, -0.15) is 0 Å². The van der Waals surface area contributed by atoms with Crippen molar-refractivity contribution in [3.8, 4) is 23.0 Å². The molecule has 2 heterocycles. The normalized spacial score (nSPS) is 26.9. The van der Waals surface area contributed by atoms with E-state index in [1.807, 2.05) is 18.2 Å². The van der Waals surface area contributed by atoms with Crippen LogP contribution in [-0.2, 0) is 19.2 Å². The van der Waals surface area contributed by atoms with Crippen molar-refractivity contribution in [3.63, 3.8) is 0 Å². The molecule has 13 heteroatoms. The zero-order valence-corrected chi connectivity index (χ0v) is 31.9. The van der Waals surface area contributed by atoms with Crippen molar-refractivity contribution < 1.29 is 42.9 Å². The quantitative estimate of drug-likeness (QED) is 0.0843. The largest absolute Gasteiger partial charge is 0.504 e. The Bertz CT molecular complexity index is 2370. The van der Waals surface area contributed by atoms with Crippen LogP contribution >= 0.6 is 23.2 Å². The van der Waals surface area contributed by atoms with Gasteiger partial charge in [0.15, 0.2) is 21.2 Å². The number of carbonyl (C=O) groups is 4. The van der Waals surface area contributed by atoms with E-state index in [1.165, 1.54) is 30.2 Å². The van der Waals surface area contributed by atoms with Gasteiger partial charge in [-0.3, -0.25) is 24.1 Å². The van der Waals surface area contributed by atoms with Crippen LogP contribution in [0.1, 0.15) is 35.4 Å². The number of hydrogen-bond donors (Lipinski definition) is 1. The molecule has 4 aromatic rings. The number of imide groups is 2. The van der Waals surface area contributed by atoms with Crippen LogP contribution in [0.4, 0.5) is 15.8 Å². The average molecular weight is 798 g/mol. The number of anilines is 2. The van der Waals surface area contributed by atoms with Gasteiger partial charge in [0.1, 0.15) is 17.3 Å². The van der Waals surface area contributed by atoms with Gasteiger partial charge in [0.2, 0.25) is 11.8 Å². The van der Waals surface area contributed by atoms with E-state index >= 15 is 0 Å². The molecule has 4 amide bonds. The molecule has 1 N–H and O–H groups in total. The number of amides is 4. The number of para-hydroxylation sites is 1. The second-order valence-electron chi connectivity index (χ2n) is 14.2. The predicted molar refractivity (Wildman–Crippen MR) is 209 cm³/mol. The fourth-order valence-electron chi connectivity index (χ4n) is 8.83. The highest BCUT2D eigenvalue weighted by Gasteiger charge is 2.77.